The number of benzene rings is 3. The Bertz CT molecular complexity index is 1120. The van der Waals surface area contributed by atoms with Gasteiger partial charge in [0, 0.05) is 0 Å². The standard InChI is InChI=1S/C22H19FO4S2/c1-2-21(18-12-6-3-7-13-18)22(23,28(24,25)19-14-8-4-9-15-19)29(26,27)20-16-10-5-11-17-20/h2-17,21H,1H2/t21-/m0/s1. The smallest absolute Gasteiger partial charge is 0.219 e. The summed E-state index contributed by atoms with van der Waals surface area (Å²) in [5.74, 6) is -1.65. The van der Waals surface area contributed by atoms with E-state index in [0.29, 0.717) is 0 Å². The molecule has 0 fully saturated rings. The zero-order valence-corrected chi connectivity index (χ0v) is 17.0. The largest absolute Gasteiger partial charge is 0.327 e. The lowest BCUT2D eigenvalue weighted by Crippen LogP contribution is -2.47. The van der Waals surface area contributed by atoms with E-state index in [0.717, 1.165) is 6.08 Å². The third-order valence-electron chi connectivity index (χ3n) is 4.61. The normalized spacial score (nSPS) is 13.6. The van der Waals surface area contributed by atoms with Gasteiger partial charge in [0.2, 0.25) is 19.7 Å². The van der Waals surface area contributed by atoms with Crippen LogP contribution in [0.1, 0.15) is 11.5 Å². The molecule has 0 saturated carbocycles. The van der Waals surface area contributed by atoms with Crippen LogP contribution >= 0.6 is 0 Å². The van der Waals surface area contributed by atoms with Crippen molar-refractivity contribution in [1.29, 1.82) is 0 Å². The quantitative estimate of drug-likeness (QED) is 0.517. The zero-order valence-electron chi connectivity index (χ0n) is 15.3. The summed E-state index contributed by atoms with van der Waals surface area (Å²) in [6.45, 7) is 3.55. The van der Waals surface area contributed by atoms with Crippen molar-refractivity contribution < 1.29 is 21.2 Å². The summed E-state index contributed by atoms with van der Waals surface area (Å²) in [5, 5.41) is 0. The summed E-state index contributed by atoms with van der Waals surface area (Å²) in [6, 6.07) is 21.2. The SMILES string of the molecule is C=C[C@@H](c1ccccc1)C(F)(S(=O)(=O)c1ccccc1)S(=O)(=O)c1ccccc1. The number of alkyl halides is 1. The predicted octanol–water partition coefficient (Wildman–Crippen LogP) is 4.53. The molecule has 1 atom stereocenters. The third-order valence-corrected chi connectivity index (χ3v) is 9.68. The Kier molecular flexibility index (Phi) is 5.73. The first-order valence-corrected chi connectivity index (χ1v) is 11.7. The van der Waals surface area contributed by atoms with Crippen LogP contribution < -0.4 is 0 Å². The average molecular weight is 431 g/mol. The van der Waals surface area contributed by atoms with E-state index in [1.54, 1.807) is 30.3 Å². The number of hydrogen-bond acceptors (Lipinski definition) is 4. The Hall–Kier alpha value is -2.77. The molecule has 7 heteroatoms. The highest BCUT2D eigenvalue weighted by atomic mass is 32.3. The molecule has 0 heterocycles. The predicted molar refractivity (Wildman–Crippen MR) is 110 cm³/mol. The molecule has 0 aliphatic heterocycles. The van der Waals surface area contributed by atoms with Gasteiger partial charge in [0.25, 0.3) is 0 Å². The number of rotatable bonds is 7. The molecular formula is C22H19FO4S2. The highest BCUT2D eigenvalue weighted by Gasteiger charge is 2.62. The second-order valence-corrected chi connectivity index (χ2v) is 10.7. The lowest BCUT2D eigenvalue weighted by atomic mass is 10.0. The Morgan fingerprint density at radius 3 is 1.38 bits per heavy atom. The summed E-state index contributed by atoms with van der Waals surface area (Å²) in [5.41, 5.74) is 0.184. The average Bonchev–Trinajstić information content (AvgIpc) is 2.76. The van der Waals surface area contributed by atoms with Crippen LogP contribution in [0.4, 0.5) is 4.39 Å². The van der Waals surface area contributed by atoms with E-state index in [2.05, 4.69) is 6.58 Å². The first-order valence-electron chi connectivity index (χ1n) is 8.72. The van der Waals surface area contributed by atoms with Crippen molar-refractivity contribution in [3.05, 3.63) is 109 Å². The van der Waals surface area contributed by atoms with E-state index in [4.69, 9.17) is 0 Å². The minimum atomic E-state index is -4.99. The monoisotopic (exact) mass is 430 g/mol. The van der Waals surface area contributed by atoms with E-state index in [9.17, 15) is 16.8 Å². The molecular weight excluding hydrogens is 411 g/mol. The van der Waals surface area contributed by atoms with Crippen molar-refractivity contribution in [2.24, 2.45) is 0 Å². The summed E-state index contributed by atoms with van der Waals surface area (Å²) in [6.07, 6.45) is 1.02. The molecule has 0 bridgehead atoms. The van der Waals surface area contributed by atoms with Gasteiger partial charge >= 0.3 is 4.33 Å². The minimum absolute atomic E-state index is 0.184. The molecule has 0 aliphatic carbocycles. The maximum atomic E-state index is 16.8. The zero-order chi connectivity index (χ0) is 21.1. The second-order valence-electron chi connectivity index (χ2n) is 6.34. The van der Waals surface area contributed by atoms with Gasteiger partial charge in [-0.25, -0.2) is 21.2 Å². The lowest BCUT2D eigenvalue weighted by molar-refractivity contribution is 0.331. The van der Waals surface area contributed by atoms with Crippen LogP contribution in [0.3, 0.4) is 0 Å². The topological polar surface area (TPSA) is 68.3 Å². The van der Waals surface area contributed by atoms with Gasteiger partial charge < -0.3 is 0 Å². The van der Waals surface area contributed by atoms with Gasteiger partial charge in [0.15, 0.2) is 0 Å². The minimum Gasteiger partial charge on any atom is -0.219 e. The molecule has 0 saturated heterocycles. The van der Waals surface area contributed by atoms with Crippen LogP contribution in [-0.2, 0) is 19.7 Å². The van der Waals surface area contributed by atoms with Gasteiger partial charge in [0.1, 0.15) is 0 Å². The van der Waals surface area contributed by atoms with E-state index in [1.807, 2.05) is 0 Å². The molecule has 4 nitrogen and oxygen atoms in total. The molecule has 3 rings (SSSR count). The van der Waals surface area contributed by atoms with Crippen molar-refractivity contribution >= 4 is 19.7 Å². The molecule has 3 aromatic rings. The Morgan fingerprint density at radius 2 is 1.03 bits per heavy atom. The molecule has 0 N–H and O–H groups in total. The van der Waals surface area contributed by atoms with E-state index < -0.39 is 39.7 Å². The Labute approximate surface area is 170 Å². The maximum absolute atomic E-state index is 16.8. The fourth-order valence-corrected chi connectivity index (χ4v) is 7.68. The number of hydrogen-bond donors (Lipinski definition) is 0. The molecule has 29 heavy (non-hydrogen) atoms. The molecule has 0 radical (unpaired) electrons. The second kappa shape index (κ2) is 7.93. The van der Waals surface area contributed by atoms with Gasteiger partial charge in [0.05, 0.1) is 15.7 Å². The number of sulfone groups is 2. The highest BCUT2D eigenvalue weighted by Crippen LogP contribution is 2.47. The van der Waals surface area contributed by atoms with Crippen LogP contribution in [0.2, 0.25) is 0 Å². The summed E-state index contributed by atoms with van der Waals surface area (Å²) < 4.78 is 66.9. The van der Waals surface area contributed by atoms with Crippen molar-refractivity contribution in [2.75, 3.05) is 0 Å². The fraction of sp³-hybridized carbons (Fsp3) is 0.0909. The van der Waals surface area contributed by atoms with Gasteiger partial charge in [-0.3, -0.25) is 0 Å². The Balaban J connectivity index is 2.37. The highest BCUT2D eigenvalue weighted by molar-refractivity contribution is 8.10. The molecule has 0 unspecified atom stereocenters. The van der Waals surface area contributed by atoms with Gasteiger partial charge in [-0.2, -0.15) is 0 Å². The van der Waals surface area contributed by atoms with Crippen LogP contribution in [-0.4, -0.2) is 21.2 Å². The van der Waals surface area contributed by atoms with Crippen molar-refractivity contribution in [3.8, 4) is 0 Å². The molecule has 3 aromatic carbocycles. The summed E-state index contributed by atoms with van der Waals surface area (Å²) >= 11 is 0. The summed E-state index contributed by atoms with van der Waals surface area (Å²) in [4.78, 5) is -0.852. The maximum Gasteiger partial charge on any atom is 0.327 e. The van der Waals surface area contributed by atoms with Crippen LogP contribution in [0, 0.1) is 0 Å². The third kappa shape index (κ3) is 3.41. The first kappa shape index (κ1) is 21.0. The van der Waals surface area contributed by atoms with Crippen molar-refractivity contribution in [3.63, 3.8) is 0 Å². The molecule has 0 spiro atoms. The van der Waals surface area contributed by atoms with Gasteiger partial charge in [-0.05, 0) is 29.8 Å². The van der Waals surface area contributed by atoms with E-state index in [1.165, 1.54) is 60.7 Å². The Morgan fingerprint density at radius 1 is 0.690 bits per heavy atom. The molecule has 150 valence electrons. The van der Waals surface area contributed by atoms with Crippen LogP contribution in [0.5, 0.6) is 0 Å². The molecule has 0 amide bonds. The summed E-state index contributed by atoms with van der Waals surface area (Å²) in [7, 11) is -9.98. The molecule has 0 aromatic heterocycles. The van der Waals surface area contributed by atoms with Crippen molar-refractivity contribution in [2.45, 2.75) is 20.0 Å². The lowest BCUT2D eigenvalue weighted by Gasteiger charge is -2.31. The van der Waals surface area contributed by atoms with Crippen LogP contribution in [0.25, 0.3) is 0 Å². The fourth-order valence-electron chi connectivity index (χ4n) is 3.14. The van der Waals surface area contributed by atoms with E-state index >= 15 is 4.39 Å². The molecule has 0 aliphatic rings. The number of halogens is 1. The van der Waals surface area contributed by atoms with E-state index in [-0.39, 0.29) is 5.56 Å². The van der Waals surface area contributed by atoms with Gasteiger partial charge in [-0.15, -0.1) is 6.58 Å². The van der Waals surface area contributed by atoms with Crippen molar-refractivity contribution in [1.82, 2.24) is 0 Å². The first-order chi connectivity index (χ1) is 13.8. The van der Waals surface area contributed by atoms with Crippen LogP contribution in [0.15, 0.2) is 113 Å². The number of allylic oxidation sites excluding steroid dienone is 1. The van der Waals surface area contributed by atoms with Gasteiger partial charge in [-0.1, -0.05) is 72.8 Å².